The quantitative estimate of drug-likeness (QED) is 0.682. The van der Waals surface area contributed by atoms with Crippen molar-refractivity contribution in [1.29, 1.82) is 0 Å². The molecule has 0 aliphatic rings. The largest absolute Gasteiger partial charge is 0.495 e. The van der Waals surface area contributed by atoms with E-state index in [1.54, 1.807) is 12.1 Å². The average Bonchev–Trinajstić information content (AvgIpc) is 2.61. The highest BCUT2D eigenvalue weighted by Gasteiger charge is 2.12. The van der Waals surface area contributed by atoms with Gasteiger partial charge < -0.3 is 20.1 Å². The first-order valence-electron chi connectivity index (χ1n) is 7.70. The first-order chi connectivity index (χ1) is 12.0. The van der Waals surface area contributed by atoms with Crippen LogP contribution in [0.25, 0.3) is 0 Å². The molecule has 0 bridgehead atoms. The Morgan fingerprint density at radius 1 is 1.04 bits per heavy atom. The third kappa shape index (κ3) is 5.81. The van der Waals surface area contributed by atoms with Crippen LogP contribution in [0.3, 0.4) is 0 Å². The molecule has 5 nitrogen and oxygen atoms in total. The summed E-state index contributed by atoms with van der Waals surface area (Å²) >= 11 is 11.9. The number of methoxy groups -OCH3 is 2. The number of ether oxygens (including phenoxy) is 2. The molecule has 0 heterocycles. The molecule has 0 fully saturated rings. The first kappa shape index (κ1) is 19.4. The lowest BCUT2D eigenvalue weighted by Gasteiger charge is -2.13. The second-order valence-corrected chi connectivity index (χ2v) is 6.13. The van der Waals surface area contributed by atoms with Gasteiger partial charge in [-0.1, -0.05) is 35.3 Å². The second kappa shape index (κ2) is 9.51. The Labute approximate surface area is 157 Å². The van der Waals surface area contributed by atoms with E-state index in [9.17, 15) is 4.79 Å². The van der Waals surface area contributed by atoms with Gasteiger partial charge in [0, 0.05) is 17.2 Å². The van der Waals surface area contributed by atoms with E-state index in [1.165, 1.54) is 14.2 Å². The molecule has 2 aromatic rings. The van der Waals surface area contributed by atoms with Crippen molar-refractivity contribution in [3.05, 3.63) is 52.0 Å². The molecule has 0 unspecified atom stereocenters. The fraction of sp³-hybridized carbons (Fsp3) is 0.278. The van der Waals surface area contributed by atoms with Crippen LogP contribution in [0.4, 0.5) is 5.69 Å². The molecular weight excluding hydrogens is 363 g/mol. The molecule has 1 amide bonds. The number of nitrogens with one attached hydrogen (secondary N) is 2. The van der Waals surface area contributed by atoms with Gasteiger partial charge in [-0.25, -0.2) is 0 Å². The Morgan fingerprint density at radius 2 is 1.72 bits per heavy atom. The van der Waals surface area contributed by atoms with Crippen LogP contribution in [-0.2, 0) is 11.2 Å². The van der Waals surface area contributed by atoms with Crippen molar-refractivity contribution in [3.63, 3.8) is 0 Å². The lowest BCUT2D eigenvalue weighted by atomic mass is 10.1. The van der Waals surface area contributed by atoms with Gasteiger partial charge in [0.25, 0.3) is 0 Å². The van der Waals surface area contributed by atoms with Crippen LogP contribution in [0.2, 0.25) is 10.0 Å². The minimum Gasteiger partial charge on any atom is -0.495 e. The van der Waals surface area contributed by atoms with Crippen molar-refractivity contribution in [2.75, 3.05) is 32.6 Å². The molecule has 0 saturated carbocycles. The first-order valence-corrected chi connectivity index (χ1v) is 8.45. The van der Waals surface area contributed by atoms with Gasteiger partial charge in [0.15, 0.2) is 0 Å². The van der Waals surface area contributed by atoms with Crippen molar-refractivity contribution in [1.82, 2.24) is 5.32 Å². The van der Waals surface area contributed by atoms with Gasteiger partial charge in [-0.2, -0.15) is 0 Å². The SMILES string of the molecule is COc1cc(NC(=O)CNCCc2ccc(Cl)cc2)c(OC)cc1Cl. The summed E-state index contributed by atoms with van der Waals surface area (Å²) in [5.41, 5.74) is 1.66. The Bertz CT molecular complexity index is 721. The molecule has 7 heteroatoms. The molecular formula is C18H20Cl2N2O3. The van der Waals surface area contributed by atoms with Gasteiger partial charge in [-0.05, 0) is 30.7 Å². The van der Waals surface area contributed by atoms with E-state index in [-0.39, 0.29) is 12.5 Å². The van der Waals surface area contributed by atoms with Crippen LogP contribution < -0.4 is 20.1 Å². The summed E-state index contributed by atoms with van der Waals surface area (Å²) in [4.78, 5) is 12.1. The number of amides is 1. The van der Waals surface area contributed by atoms with E-state index in [4.69, 9.17) is 32.7 Å². The van der Waals surface area contributed by atoms with E-state index in [0.717, 1.165) is 12.0 Å². The predicted molar refractivity (Wildman–Crippen MR) is 101 cm³/mol. The van der Waals surface area contributed by atoms with Crippen molar-refractivity contribution in [2.24, 2.45) is 0 Å². The molecule has 134 valence electrons. The van der Waals surface area contributed by atoms with Crippen LogP contribution in [0.1, 0.15) is 5.56 Å². The summed E-state index contributed by atoms with van der Waals surface area (Å²) in [7, 11) is 3.02. The molecule has 0 aliphatic heterocycles. The molecule has 0 aliphatic carbocycles. The zero-order valence-corrected chi connectivity index (χ0v) is 15.6. The molecule has 2 rings (SSSR count). The van der Waals surface area contributed by atoms with Crippen molar-refractivity contribution in [2.45, 2.75) is 6.42 Å². The molecule has 2 N–H and O–H groups in total. The number of benzene rings is 2. The van der Waals surface area contributed by atoms with Crippen LogP contribution in [0.15, 0.2) is 36.4 Å². The lowest BCUT2D eigenvalue weighted by Crippen LogP contribution is -2.29. The summed E-state index contributed by atoms with van der Waals surface area (Å²) < 4.78 is 10.4. The van der Waals surface area contributed by atoms with Gasteiger partial charge in [-0.15, -0.1) is 0 Å². The Hall–Kier alpha value is -1.95. The minimum absolute atomic E-state index is 0.182. The number of carbonyl (C=O) groups excluding carboxylic acids is 1. The number of hydrogen-bond acceptors (Lipinski definition) is 4. The van der Waals surface area contributed by atoms with E-state index in [2.05, 4.69) is 10.6 Å². The third-order valence-corrected chi connectivity index (χ3v) is 4.08. The van der Waals surface area contributed by atoms with Gasteiger partial charge in [0.1, 0.15) is 11.5 Å². The summed E-state index contributed by atoms with van der Waals surface area (Å²) in [6.45, 7) is 0.859. The van der Waals surface area contributed by atoms with Crippen molar-refractivity contribution >= 4 is 34.8 Å². The maximum atomic E-state index is 12.1. The highest BCUT2D eigenvalue weighted by molar-refractivity contribution is 6.32. The molecule has 2 aromatic carbocycles. The zero-order valence-electron chi connectivity index (χ0n) is 14.1. The standard InChI is InChI=1S/C18H20Cl2N2O3/c1-24-16-10-15(17(25-2)9-14(16)20)22-18(23)11-21-8-7-12-3-5-13(19)6-4-12/h3-6,9-10,21H,7-8,11H2,1-2H3,(H,22,23). The Balaban J connectivity index is 1.84. The van der Waals surface area contributed by atoms with Crippen molar-refractivity contribution in [3.8, 4) is 11.5 Å². The van der Waals surface area contributed by atoms with Gasteiger partial charge in [0.2, 0.25) is 5.91 Å². The molecule has 0 spiro atoms. The van der Waals surface area contributed by atoms with Crippen LogP contribution in [0, 0.1) is 0 Å². The highest BCUT2D eigenvalue weighted by Crippen LogP contribution is 2.35. The van der Waals surface area contributed by atoms with Gasteiger partial charge in [-0.3, -0.25) is 4.79 Å². The van der Waals surface area contributed by atoms with E-state index in [0.29, 0.717) is 33.8 Å². The zero-order chi connectivity index (χ0) is 18.2. The number of hydrogen-bond donors (Lipinski definition) is 2. The summed E-state index contributed by atoms with van der Waals surface area (Å²) in [6.07, 6.45) is 0.808. The highest BCUT2D eigenvalue weighted by atomic mass is 35.5. The molecule has 0 saturated heterocycles. The third-order valence-electron chi connectivity index (χ3n) is 3.54. The summed E-state index contributed by atoms with van der Waals surface area (Å²) in [6, 6.07) is 10.9. The Kier molecular flexibility index (Phi) is 7.37. The van der Waals surface area contributed by atoms with Gasteiger partial charge in [0.05, 0.1) is 31.5 Å². The molecule has 0 aromatic heterocycles. The minimum atomic E-state index is -0.182. The van der Waals surface area contributed by atoms with Crippen LogP contribution in [0.5, 0.6) is 11.5 Å². The lowest BCUT2D eigenvalue weighted by molar-refractivity contribution is -0.115. The smallest absolute Gasteiger partial charge is 0.238 e. The van der Waals surface area contributed by atoms with Crippen LogP contribution >= 0.6 is 23.2 Å². The maximum absolute atomic E-state index is 12.1. The number of anilines is 1. The van der Waals surface area contributed by atoms with E-state index >= 15 is 0 Å². The summed E-state index contributed by atoms with van der Waals surface area (Å²) in [5, 5.41) is 7.02. The average molecular weight is 383 g/mol. The monoisotopic (exact) mass is 382 g/mol. The maximum Gasteiger partial charge on any atom is 0.238 e. The number of rotatable bonds is 8. The topological polar surface area (TPSA) is 59.6 Å². The Morgan fingerprint density at radius 3 is 2.36 bits per heavy atom. The molecule has 0 atom stereocenters. The van der Waals surface area contributed by atoms with E-state index < -0.39 is 0 Å². The fourth-order valence-corrected chi connectivity index (χ4v) is 2.60. The molecule has 25 heavy (non-hydrogen) atoms. The number of halogens is 2. The van der Waals surface area contributed by atoms with Crippen molar-refractivity contribution < 1.29 is 14.3 Å². The second-order valence-electron chi connectivity index (χ2n) is 5.29. The van der Waals surface area contributed by atoms with E-state index in [1.807, 2.05) is 24.3 Å². The fourth-order valence-electron chi connectivity index (χ4n) is 2.24. The van der Waals surface area contributed by atoms with Gasteiger partial charge >= 0.3 is 0 Å². The van der Waals surface area contributed by atoms with Crippen LogP contribution in [-0.4, -0.2) is 33.2 Å². The normalized spacial score (nSPS) is 10.4. The predicted octanol–water partition coefficient (Wildman–Crippen LogP) is 3.78. The summed E-state index contributed by atoms with van der Waals surface area (Å²) in [5.74, 6) is 0.757. The molecule has 0 radical (unpaired) electrons. The number of carbonyl (C=O) groups is 1.